The highest BCUT2D eigenvalue weighted by Crippen LogP contribution is 2.26. The Morgan fingerprint density at radius 1 is 1.40 bits per heavy atom. The summed E-state index contributed by atoms with van der Waals surface area (Å²) in [4.78, 5) is 21.1. The first-order valence-corrected chi connectivity index (χ1v) is 7.76. The number of hydrogen-bond acceptors (Lipinski definition) is 3. The number of nitrogens with zero attached hydrogens (tertiary/aromatic N) is 2. The summed E-state index contributed by atoms with van der Waals surface area (Å²) in [6.07, 6.45) is 10.0. The highest BCUT2D eigenvalue weighted by molar-refractivity contribution is 5.67. The van der Waals surface area contributed by atoms with E-state index in [-0.39, 0.29) is 6.09 Å². The molecule has 2 aliphatic rings. The number of fused-ring (bicyclic) bond motifs is 1. The topological polar surface area (TPSA) is 58.2 Å². The minimum atomic E-state index is -0.180. The van der Waals surface area contributed by atoms with E-state index >= 15 is 0 Å². The fraction of sp³-hybridized carbons (Fsp3) is 0.733. The predicted molar refractivity (Wildman–Crippen MR) is 75.2 cm³/mol. The van der Waals surface area contributed by atoms with Crippen LogP contribution in [0.4, 0.5) is 4.79 Å². The van der Waals surface area contributed by atoms with Crippen molar-refractivity contribution >= 4 is 6.09 Å². The number of imidazole rings is 1. The van der Waals surface area contributed by atoms with Crippen molar-refractivity contribution in [2.24, 2.45) is 5.92 Å². The molecular weight excluding hydrogens is 254 g/mol. The van der Waals surface area contributed by atoms with Gasteiger partial charge in [0.05, 0.1) is 30.9 Å². The molecule has 5 nitrogen and oxygen atoms in total. The normalized spacial score (nSPS) is 19.7. The van der Waals surface area contributed by atoms with Gasteiger partial charge in [0.1, 0.15) is 0 Å². The number of nitrogens with one attached hydrogen (secondary N) is 1. The molecule has 0 radical (unpaired) electrons. The lowest BCUT2D eigenvalue weighted by atomic mass is 9.87. The summed E-state index contributed by atoms with van der Waals surface area (Å²) in [7, 11) is 0. The maximum Gasteiger partial charge on any atom is 0.410 e. The van der Waals surface area contributed by atoms with Crippen LogP contribution in [0.5, 0.6) is 0 Å². The molecule has 5 heteroatoms. The fourth-order valence-corrected chi connectivity index (χ4v) is 3.25. The fourth-order valence-electron chi connectivity index (χ4n) is 3.25. The van der Waals surface area contributed by atoms with Gasteiger partial charge in [0, 0.05) is 13.0 Å². The van der Waals surface area contributed by atoms with Crippen LogP contribution in [0.15, 0.2) is 6.33 Å². The first-order valence-electron chi connectivity index (χ1n) is 7.76. The largest absolute Gasteiger partial charge is 0.449 e. The molecule has 1 aromatic heterocycles. The summed E-state index contributed by atoms with van der Waals surface area (Å²) >= 11 is 0. The van der Waals surface area contributed by atoms with Gasteiger partial charge in [0.2, 0.25) is 0 Å². The summed E-state index contributed by atoms with van der Waals surface area (Å²) < 4.78 is 5.43. The molecule has 2 heterocycles. The zero-order chi connectivity index (χ0) is 13.8. The maximum absolute atomic E-state index is 12.0. The highest BCUT2D eigenvalue weighted by Gasteiger charge is 2.23. The predicted octanol–water partition coefficient (Wildman–Crippen LogP) is 2.87. The van der Waals surface area contributed by atoms with E-state index in [1.165, 1.54) is 32.1 Å². The number of carbonyl (C=O) groups is 1. The molecule has 1 N–H and O–H groups in total. The minimum absolute atomic E-state index is 0.180. The first kappa shape index (κ1) is 13.5. The lowest BCUT2D eigenvalue weighted by molar-refractivity contribution is 0.0897. The average Bonchev–Trinajstić information content (AvgIpc) is 2.95. The van der Waals surface area contributed by atoms with Gasteiger partial charge in [0.15, 0.2) is 0 Å². The summed E-state index contributed by atoms with van der Waals surface area (Å²) in [5.41, 5.74) is 2.12. The van der Waals surface area contributed by atoms with Gasteiger partial charge in [-0.2, -0.15) is 0 Å². The second-order valence-electron chi connectivity index (χ2n) is 5.91. The number of aromatic nitrogens is 2. The van der Waals surface area contributed by atoms with E-state index in [1.54, 1.807) is 11.2 Å². The van der Waals surface area contributed by atoms with E-state index < -0.39 is 0 Å². The molecule has 1 aliphatic heterocycles. The Bertz CT molecular complexity index is 452. The van der Waals surface area contributed by atoms with E-state index in [4.69, 9.17) is 4.74 Å². The Kier molecular flexibility index (Phi) is 4.23. The summed E-state index contributed by atoms with van der Waals surface area (Å²) in [6, 6.07) is 0. The summed E-state index contributed by atoms with van der Waals surface area (Å²) in [6.45, 7) is 1.87. The van der Waals surface area contributed by atoms with Crippen molar-refractivity contribution in [1.82, 2.24) is 14.9 Å². The van der Waals surface area contributed by atoms with Gasteiger partial charge in [0.25, 0.3) is 0 Å². The molecule has 20 heavy (non-hydrogen) atoms. The Morgan fingerprint density at radius 2 is 2.25 bits per heavy atom. The molecule has 0 atom stereocenters. The smallest absolute Gasteiger partial charge is 0.410 e. The van der Waals surface area contributed by atoms with Crippen LogP contribution in [0.25, 0.3) is 0 Å². The van der Waals surface area contributed by atoms with Gasteiger partial charge >= 0.3 is 6.09 Å². The van der Waals surface area contributed by atoms with E-state index in [1.807, 2.05) is 0 Å². The molecule has 0 aromatic carbocycles. The number of aromatic amines is 1. The summed E-state index contributed by atoms with van der Waals surface area (Å²) in [5.74, 6) is 0.761. The molecule has 0 unspecified atom stereocenters. The number of rotatable bonds is 3. The second kappa shape index (κ2) is 6.29. The number of amides is 1. The van der Waals surface area contributed by atoms with Crippen molar-refractivity contribution in [3.8, 4) is 0 Å². The van der Waals surface area contributed by atoms with Crippen LogP contribution in [0.1, 0.15) is 49.9 Å². The van der Waals surface area contributed by atoms with Crippen molar-refractivity contribution in [1.29, 1.82) is 0 Å². The number of hydrogen-bond donors (Lipinski definition) is 1. The third-order valence-electron chi connectivity index (χ3n) is 4.51. The quantitative estimate of drug-likeness (QED) is 0.924. The van der Waals surface area contributed by atoms with Crippen molar-refractivity contribution in [3.63, 3.8) is 0 Å². The van der Waals surface area contributed by atoms with Crippen LogP contribution in [-0.4, -0.2) is 34.1 Å². The molecule has 1 saturated carbocycles. The number of H-pyrrole nitrogens is 1. The molecule has 110 valence electrons. The van der Waals surface area contributed by atoms with Crippen molar-refractivity contribution in [3.05, 3.63) is 17.7 Å². The Morgan fingerprint density at radius 3 is 3.10 bits per heavy atom. The molecule has 0 bridgehead atoms. The van der Waals surface area contributed by atoms with Crippen molar-refractivity contribution in [2.45, 2.75) is 51.5 Å². The molecule has 1 fully saturated rings. The molecule has 0 saturated heterocycles. The van der Waals surface area contributed by atoms with Gasteiger partial charge in [-0.15, -0.1) is 0 Å². The van der Waals surface area contributed by atoms with Crippen LogP contribution >= 0.6 is 0 Å². The van der Waals surface area contributed by atoms with E-state index in [0.29, 0.717) is 19.7 Å². The second-order valence-corrected chi connectivity index (χ2v) is 5.91. The van der Waals surface area contributed by atoms with Crippen LogP contribution in [0.2, 0.25) is 0 Å². The highest BCUT2D eigenvalue weighted by atomic mass is 16.6. The maximum atomic E-state index is 12.0. The Hall–Kier alpha value is -1.52. The van der Waals surface area contributed by atoms with Gasteiger partial charge in [-0.05, 0) is 12.3 Å². The molecule has 1 aliphatic carbocycles. The molecule has 3 rings (SSSR count). The van der Waals surface area contributed by atoms with Crippen molar-refractivity contribution in [2.75, 3.05) is 13.2 Å². The Balaban J connectivity index is 1.41. The zero-order valence-electron chi connectivity index (χ0n) is 11.9. The molecule has 0 spiro atoms. The third-order valence-corrected chi connectivity index (χ3v) is 4.51. The van der Waals surface area contributed by atoms with E-state index in [2.05, 4.69) is 9.97 Å². The molecule has 1 aromatic rings. The van der Waals surface area contributed by atoms with Gasteiger partial charge in [-0.25, -0.2) is 9.78 Å². The van der Waals surface area contributed by atoms with Crippen LogP contribution in [0.3, 0.4) is 0 Å². The van der Waals surface area contributed by atoms with Gasteiger partial charge < -0.3 is 14.6 Å². The van der Waals surface area contributed by atoms with Crippen LogP contribution < -0.4 is 0 Å². The number of ether oxygens (including phenoxy) is 1. The summed E-state index contributed by atoms with van der Waals surface area (Å²) in [5, 5.41) is 0. The standard InChI is InChI=1S/C15H23N3O2/c19-15(20-9-7-12-4-2-1-3-5-12)18-8-6-13-14(10-18)17-11-16-13/h11-12H,1-10H2,(H,16,17). The van der Waals surface area contributed by atoms with Crippen LogP contribution in [0, 0.1) is 5.92 Å². The van der Waals surface area contributed by atoms with Gasteiger partial charge in [-0.1, -0.05) is 32.1 Å². The van der Waals surface area contributed by atoms with Crippen LogP contribution in [-0.2, 0) is 17.7 Å². The third kappa shape index (κ3) is 3.14. The first-order chi connectivity index (χ1) is 9.83. The molecular formula is C15H23N3O2. The van der Waals surface area contributed by atoms with Gasteiger partial charge in [-0.3, -0.25) is 0 Å². The zero-order valence-corrected chi connectivity index (χ0v) is 11.9. The molecule has 1 amide bonds. The minimum Gasteiger partial charge on any atom is -0.449 e. The van der Waals surface area contributed by atoms with Crippen molar-refractivity contribution < 1.29 is 9.53 Å². The lowest BCUT2D eigenvalue weighted by Crippen LogP contribution is -2.36. The Labute approximate surface area is 119 Å². The lowest BCUT2D eigenvalue weighted by Gasteiger charge is -2.26. The monoisotopic (exact) mass is 277 g/mol. The SMILES string of the molecule is O=C(OCCC1CCCCC1)N1CCc2nc[nH]c2C1. The van der Waals surface area contributed by atoms with E-state index in [9.17, 15) is 4.79 Å². The van der Waals surface area contributed by atoms with E-state index in [0.717, 1.165) is 30.1 Å². The number of carbonyl (C=O) groups excluding carboxylic acids is 1. The average molecular weight is 277 g/mol.